The second-order valence-electron chi connectivity index (χ2n) is 3.00. The number of carbonyl (C=O) groups excluding carboxylic acids is 2. The summed E-state index contributed by atoms with van der Waals surface area (Å²) in [5.74, 6) is -4.06. The monoisotopic (exact) mass is 196 g/mol. The maximum Gasteiger partial charge on any atom is 0.405 e. The largest absolute Gasteiger partial charge is 0.405 e. The van der Waals surface area contributed by atoms with Crippen LogP contribution < -0.4 is 0 Å². The van der Waals surface area contributed by atoms with Crippen molar-refractivity contribution in [1.29, 1.82) is 0 Å². The van der Waals surface area contributed by atoms with Gasteiger partial charge in [0.15, 0.2) is 5.41 Å². The lowest BCUT2D eigenvalue weighted by atomic mass is 10.0. The second kappa shape index (κ2) is 1.97. The van der Waals surface area contributed by atoms with E-state index in [0.717, 1.165) is 0 Å². The van der Waals surface area contributed by atoms with E-state index in [9.17, 15) is 22.8 Å². The highest BCUT2D eigenvalue weighted by Gasteiger charge is 2.82. The van der Waals surface area contributed by atoms with Gasteiger partial charge in [-0.15, -0.1) is 0 Å². The van der Waals surface area contributed by atoms with Crippen molar-refractivity contribution < 1.29 is 32.5 Å². The van der Waals surface area contributed by atoms with Gasteiger partial charge in [0.1, 0.15) is 0 Å². The first-order chi connectivity index (χ1) is 5.89. The predicted octanol–water partition coefficient (Wildman–Crippen LogP) is 0.570. The number of carbonyl (C=O) groups is 2. The highest BCUT2D eigenvalue weighted by atomic mass is 19.4. The molecule has 2 rings (SSSR count). The fourth-order valence-electron chi connectivity index (χ4n) is 1.41. The molecule has 2 fully saturated rings. The molecule has 1 aliphatic carbocycles. The van der Waals surface area contributed by atoms with Crippen molar-refractivity contribution in [3.05, 3.63) is 0 Å². The van der Waals surface area contributed by atoms with Crippen LogP contribution in [0.15, 0.2) is 0 Å². The molecule has 0 N–H and O–H groups in total. The normalized spacial score (nSPS) is 37.6. The Morgan fingerprint density at radius 3 is 2.38 bits per heavy atom. The van der Waals surface area contributed by atoms with Gasteiger partial charge in [-0.2, -0.15) is 13.2 Å². The Morgan fingerprint density at radius 1 is 1.31 bits per heavy atom. The van der Waals surface area contributed by atoms with Gasteiger partial charge in [-0.3, -0.25) is 0 Å². The molecular weight excluding hydrogens is 193 g/mol. The Labute approximate surface area is 69.5 Å². The standard InChI is InChI=1S/C6H3F3O4/c7-6(8,9)5-1-2(5)3(10)12-13-4(5)11/h2H,1H2. The number of hydrogen-bond acceptors (Lipinski definition) is 4. The van der Waals surface area contributed by atoms with Crippen molar-refractivity contribution in [3.63, 3.8) is 0 Å². The van der Waals surface area contributed by atoms with E-state index in [1.165, 1.54) is 0 Å². The third-order valence-electron chi connectivity index (χ3n) is 2.31. The summed E-state index contributed by atoms with van der Waals surface area (Å²) in [6.45, 7) is 0. The molecule has 0 radical (unpaired) electrons. The van der Waals surface area contributed by atoms with Crippen LogP contribution in [0.5, 0.6) is 0 Å². The van der Waals surface area contributed by atoms with E-state index < -0.39 is 35.9 Å². The molecule has 0 amide bonds. The van der Waals surface area contributed by atoms with Crippen LogP contribution in [0.2, 0.25) is 0 Å². The Hall–Kier alpha value is -1.27. The average Bonchev–Trinajstić information content (AvgIpc) is 2.72. The van der Waals surface area contributed by atoms with Gasteiger partial charge in [-0.05, 0) is 6.42 Å². The third kappa shape index (κ3) is 0.812. The van der Waals surface area contributed by atoms with Crippen molar-refractivity contribution in [3.8, 4) is 0 Å². The Bertz CT molecular complexity index is 297. The van der Waals surface area contributed by atoms with Gasteiger partial charge in [0.2, 0.25) is 0 Å². The molecule has 0 bridgehead atoms. The van der Waals surface area contributed by atoms with Gasteiger partial charge in [-0.25, -0.2) is 19.4 Å². The smallest absolute Gasteiger partial charge is 0.247 e. The summed E-state index contributed by atoms with van der Waals surface area (Å²) < 4.78 is 36.8. The predicted molar refractivity (Wildman–Crippen MR) is 28.8 cm³/mol. The summed E-state index contributed by atoms with van der Waals surface area (Å²) in [6.07, 6.45) is -5.30. The molecule has 1 aliphatic heterocycles. The Kier molecular flexibility index (Phi) is 1.26. The van der Waals surface area contributed by atoms with Gasteiger partial charge >= 0.3 is 18.1 Å². The first-order valence-electron chi connectivity index (χ1n) is 3.39. The lowest BCUT2D eigenvalue weighted by molar-refractivity contribution is -0.295. The van der Waals surface area contributed by atoms with E-state index in [0.29, 0.717) is 0 Å². The lowest BCUT2D eigenvalue weighted by Crippen LogP contribution is -2.41. The number of alkyl halides is 3. The van der Waals surface area contributed by atoms with Crippen LogP contribution >= 0.6 is 0 Å². The van der Waals surface area contributed by atoms with Gasteiger partial charge in [-0.1, -0.05) is 0 Å². The summed E-state index contributed by atoms with van der Waals surface area (Å²) in [4.78, 5) is 28.8. The molecule has 2 atom stereocenters. The van der Waals surface area contributed by atoms with Crippen LogP contribution in [0.1, 0.15) is 6.42 Å². The molecule has 0 spiro atoms. The highest BCUT2D eigenvalue weighted by Crippen LogP contribution is 2.65. The van der Waals surface area contributed by atoms with Crippen molar-refractivity contribution >= 4 is 11.9 Å². The molecule has 4 nitrogen and oxygen atoms in total. The van der Waals surface area contributed by atoms with Crippen molar-refractivity contribution in [2.24, 2.45) is 11.3 Å². The van der Waals surface area contributed by atoms with Crippen LogP contribution in [-0.4, -0.2) is 18.1 Å². The van der Waals surface area contributed by atoms with E-state index in [-0.39, 0.29) is 0 Å². The molecule has 0 aromatic heterocycles. The average molecular weight is 196 g/mol. The van der Waals surface area contributed by atoms with Gasteiger partial charge in [0, 0.05) is 0 Å². The fourth-order valence-corrected chi connectivity index (χ4v) is 1.41. The van der Waals surface area contributed by atoms with E-state index in [1.807, 2.05) is 0 Å². The molecule has 1 saturated carbocycles. The number of rotatable bonds is 0. The second-order valence-corrected chi connectivity index (χ2v) is 3.00. The van der Waals surface area contributed by atoms with Crippen LogP contribution in [0, 0.1) is 11.3 Å². The molecule has 1 heterocycles. The topological polar surface area (TPSA) is 52.6 Å². The van der Waals surface area contributed by atoms with Crippen molar-refractivity contribution in [2.45, 2.75) is 12.6 Å². The van der Waals surface area contributed by atoms with Crippen LogP contribution in [-0.2, 0) is 19.4 Å². The molecule has 13 heavy (non-hydrogen) atoms. The molecule has 1 saturated heterocycles. The molecule has 0 aromatic rings. The van der Waals surface area contributed by atoms with Gasteiger partial charge in [0.25, 0.3) is 0 Å². The third-order valence-corrected chi connectivity index (χ3v) is 2.31. The molecule has 0 aromatic carbocycles. The number of halogens is 3. The quantitative estimate of drug-likeness (QED) is 0.531. The lowest BCUT2D eigenvalue weighted by Gasteiger charge is -2.20. The van der Waals surface area contributed by atoms with Gasteiger partial charge < -0.3 is 0 Å². The zero-order valence-corrected chi connectivity index (χ0v) is 6.05. The highest BCUT2D eigenvalue weighted by molar-refractivity contribution is 5.94. The summed E-state index contributed by atoms with van der Waals surface area (Å²) in [7, 11) is 0. The number of fused-ring (bicyclic) bond motifs is 1. The minimum Gasteiger partial charge on any atom is -0.247 e. The van der Waals surface area contributed by atoms with E-state index in [4.69, 9.17) is 0 Å². The first kappa shape index (κ1) is 8.33. The summed E-state index contributed by atoms with van der Waals surface area (Å²) in [5.41, 5.74) is -2.62. The zero-order valence-electron chi connectivity index (χ0n) is 6.05. The Balaban J connectivity index is 2.35. The molecule has 2 aliphatic rings. The molecule has 7 heteroatoms. The Morgan fingerprint density at radius 2 is 1.92 bits per heavy atom. The van der Waals surface area contributed by atoms with Crippen LogP contribution in [0.25, 0.3) is 0 Å². The van der Waals surface area contributed by atoms with Crippen LogP contribution in [0.3, 0.4) is 0 Å². The summed E-state index contributed by atoms with van der Waals surface area (Å²) in [5, 5.41) is 0. The van der Waals surface area contributed by atoms with Gasteiger partial charge in [0.05, 0.1) is 5.92 Å². The zero-order chi connectivity index (χ0) is 9.85. The van der Waals surface area contributed by atoms with Crippen molar-refractivity contribution in [1.82, 2.24) is 0 Å². The summed E-state index contributed by atoms with van der Waals surface area (Å²) >= 11 is 0. The SMILES string of the molecule is O=C1OOC(=O)C2(C(F)(F)F)CC12. The minimum atomic E-state index is -4.74. The molecule has 72 valence electrons. The summed E-state index contributed by atoms with van der Waals surface area (Å²) in [6, 6.07) is 0. The maximum atomic E-state index is 12.3. The van der Waals surface area contributed by atoms with E-state index >= 15 is 0 Å². The first-order valence-corrected chi connectivity index (χ1v) is 3.39. The van der Waals surface area contributed by atoms with Crippen LogP contribution in [0.4, 0.5) is 13.2 Å². The minimum absolute atomic E-state index is 0.561. The van der Waals surface area contributed by atoms with E-state index in [1.54, 1.807) is 0 Å². The fraction of sp³-hybridized carbons (Fsp3) is 0.667. The molecule has 2 unspecified atom stereocenters. The van der Waals surface area contributed by atoms with E-state index in [2.05, 4.69) is 9.78 Å². The molecular formula is C6H3F3O4. The number of hydrogen-bond donors (Lipinski definition) is 0. The maximum absolute atomic E-state index is 12.3. The van der Waals surface area contributed by atoms with Crippen molar-refractivity contribution in [2.75, 3.05) is 0 Å².